The Kier molecular flexibility index (Phi) is 3.67. The Morgan fingerprint density at radius 3 is 2.29 bits per heavy atom. The summed E-state index contributed by atoms with van der Waals surface area (Å²) in [5.74, 6) is -0.231. The van der Waals surface area contributed by atoms with Crippen LogP contribution in [0.3, 0.4) is 0 Å². The van der Waals surface area contributed by atoms with Crippen molar-refractivity contribution in [2.24, 2.45) is 0 Å². The molecule has 0 bridgehead atoms. The van der Waals surface area contributed by atoms with Crippen molar-refractivity contribution < 1.29 is 9.59 Å². The summed E-state index contributed by atoms with van der Waals surface area (Å²) in [6.07, 6.45) is 1.71. The number of aromatic nitrogens is 1. The number of nitrogens with one attached hydrogen (secondary N) is 1. The maximum atomic E-state index is 12.7. The van der Waals surface area contributed by atoms with Gasteiger partial charge in [0.2, 0.25) is 0 Å². The van der Waals surface area contributed by atoms with E-state index in [2.05, 4.69) is 10.3 Å². The third-order valence-electron chi connectivity index (χ3n) is 3.92. The Morgan fingerprint density at radius 2 is 1.62 bits per heavy atom. The highest BCUT2D eigenvalue weighted by Gasteiger charge is 2.29. The van der Waals surface area contributed by atoms with Gasteiger partial charge in [0.25, 0.3) is 0 Å². The van der Waals surface area contributed by atoms with Gasteiger partial charge in [0, 0.05) is 39.0 Å². The molecule has 0 saturated heterocycles. The third-order valence-corrected chi connectivity index (χ3v) is 5.03. The second-order valence-corrected chi connectivity index (χ2v) is 7.09. The van der Waals surface area contributed by atoms with Gasteiger partial charge in [-0.3, -0.25) is 9.59 Å². The number of hydrogen-bond acceptors (Lipinski definition) is 5. The predicted molar refractivity (Wildman–Crippen MR) is 94.2 cm³/mol. The highest BCUT2D eigenvalue weighted by Crippen LogP contribution is 2.29. The molecule has 0 spiro atoms. The first-order valence-corrected chi connectivity index (χ1v) is 8.49. The van der Waals surface area contributed by atoms with E-state index in [4.69, 9.17) is 11.6 Å². The zero-order chi connectivity index (χ0) is 16.7. The highest BCUT2D eigenvalue weighted by molar-refractivity contribution is 7.15. The fourth-order valence-corrected chi connectivity index (χ4v) is 3.68. The normalized spacial score (nSPS) is 12.7. The quantitative estimate of drug-likeness (QED) is 0.599. The number of nitrogens with zero attached hydrogens (tertiary/aromatic N) is 1. The van der Waals surface area contributed by atoms with Crippen molar-refractivity contribution in [1.82, 2.24) is 4.98 Å². The molecule has 4 rings (SSSR count). The van der Waals surface area contributed by atoms with Crippen LogP contribution in [-0.2, 0) is 6.54 Å². The number of carbonyl (C=O) groups is 2. The van der Waals surface area contributed by atoms with Crippen LogP contribution in [0.4, 0.5) is 5.69 Å². The molecule has 0 saturated carbocycles. The van der Waals surface area contributed by atoms with Crippen molar-refractivity contribution in [3.63, 3.8) is 0 Å². The first kappa shape index (κ1) is 15.1. The Balaban J connectivity index is 1.65. The topological polar surface area (TPSA) is 59.1 Å². The van der Waals surface area contributed by atoms with Crippen LogP contribution in [0.15, 0.2) is 48.7 Å². The molecular formula is C18H11ClN2O2S. The van der Waals surface area contributed by atoms with Gasteiger partial charge in [-0.05, 0) is 18.2 Å². The van der Waals surface area contributed by atoms with Crippen molar-refractivity contribution in [3.05, 3.63) is 80.3 Å². The minimum Gasteiger partial charge on any atom is -0.380 e. The number of anilines is 1. The monoisotopic (exact) mass is 354 g/mol. The van der Waals surface area contributed by atoms with Crippen LogP contribution in [0.25, 0.3) is 0 Å². The van der Waals surface area contributed by atoms with Gasteiger partial charge >= 0.3 is 0 Å². The van der Waals surface area contributed by atoms with Crippen LogP contribution in [0.2, 0.25) is 4.47 Å². The summed E-state index contributed by atoms with van der Waals surface area (Å²) in [4.78, 5) is 30.2. The number of halogens is 1. The van der Waals surface area contributed by atoms with Gasteiger partial charge < -0.3 is 5.32 Å². The number of carbonyl (C=O) groups excluding carboxylic acids is 2. The molecule has 1 aromatic heterocycles. The fourth-order valence-electron chi connectivity index (χ4n) is 2.76. The van der Waals surface area contributed by atoms with Crippen molar-refractivity contribution in [2.75, 3.05) is 5.32 Å². The molecule has 1 aliphatic rings. The summed E-state index contributed by atoms with van der Waals surface area (Å²) < 4.78 is 0.495. The van der Waals surface area contributed by atoms with E-state index in [-0.39, 0.29) is 11.6 Å². The maximum Gasteiger partial charge on any atom is 0.194 e. The maximum absolute atomic E-state index is 12.7. The lowest BCUT2D eigenvalue weighted by Gasteiger charge is -2.18. The molecule has 2 aromatic carbocycles. The van der Waals surface area contributed by atoms with Crippen molar-refractivity contribution >= 4 is 40.2 Å². The average molecular weight is 355 g/mol. The third kappa shape index (κ3) is 2.52. The van der Waals surface area contributed by atoms with Crippen LogP contribution in [0.5, 0.6) is 0 Å². The molecule has 3 aromatic rings. The van der Waals surface area contributed by atoms with Gasteiger partial charge in [-0.2, -0.15) is 0 Å². The summed E-state index contributed by atoms with van der Waals surface area (Å²) in [6, 6.07) is 12.2. The van der Waals surface area contributed by atoms with E-state index < -0.39 is 0 Å². The second kappa shape index (κ2) is 5.85. The van der Waals surface area contributed by atoms with E-state index in [1.54, 1.807) is 48.7 Å². The molecule has 0 amide bonds. The summed E-state index contributed by atoms with van der Waals surface area (Å²) in [7, 11) is 0. The second-order valence-electron chi connectivity index (χ2n) is 5.40. The molecule has 0 unspecified atom stereocenters. The number of benzene rings is 2. The zero-order valence-electron chi connectivity index (χ0n) is 12.4. The lowest BCUT2D eigenvalue weighted by molar-refractivity contribution is 0.0979. The van der Waals surface area contributed by atoms with Gasteiger partial charge in [-0.1, -0.05) is 35.9 Å². The zero-order valence-corrected chi connectivity index (χ0v) is 13.9. The minimum absolute atomic E-state index is 0.110. The number of thiazole rings is 1. The van der Waals surface area contributed by atoms with Gasteiger partial charge in [0.05, 0.1) is 6.54 Å². The van der Waals surface area contributed by atoms with E-state index in [0.29, 0.717) is 33.3 Å². The van der Waals surface area contributed by atoms with Crippen molar-refractivity contribution in [3.8, 4) is 0 Å². The lowest BCUT2D eigenvalue weighted by atomic mass is 9.84. The molecule has 1 N–H and O–H groups in total. The van der Waals surface area contributed by atoms with Crippen LogP contribution in [-0.4, -0.2) is 16.6 Å². The Bertz CT molecular complexity index is 981. The minimum atomic E-state index is -0.121. The number of ketones is 2. The van der Waals surface area contributed by atoms with Gasteiger partial charge in [-0.25, -0.2) is 4.98 Å². The van der Waals surface area contributed by atoms with E-state index in [1.165, 1.54) is 11.3 Å². The molecule has 0 aliphatic heterocycles. The first-order valence-electron chi connectivity index (χ1n) is 7.30. The van der Waals surface area contributed by atoms with Crippen molar-refractivity contribution in [2.45, 2.75) is 6.54 Å². The average Bonchev–Trinajstić information content (AvgIpc) is 3.03. The lowest BCUT2D eigenvalue weighted by Crippen LogP contribution is -2.20. The van der Waals surface area contributed by atoms with Gasteiger partial charge in [0.15, 0.2) is 16.0 Å². The smallest absolute Gasteiger partial charge is 0.194 e. The Hall–Kier alpha value is -2.50. The molecule has 6 heteroatoms. The standard InChI is InChI=1S/C18H11ClN2O2S/c19-18-21-9-11(24-18)8-20-10-5-6-14-15(7-10)17(23)13-4-2-1-3-12(13)16(14)22/h1-7,9,20H,8H2. The van der Waals surface area contributed by atoms with Crippen LogP contribution in [0.1, 0.15) is 36.7 Å². The summed E-state index contributed by atoms with van der Waals surface area (Å²) in [6.45, 7) is 0.557. The molecule has 0 atom stereocenters. The predicted octanol–water partition coefficient (Wildman–Crippen LogP) is 4.18. The first-order chi connectivity index (χ1) is 11.6. The number of rotatable bonds is 3. The number of fused-ring (bicyclic) bond motifs is 2. The Morgan fingerprint density at radius 1 is 0.958 bits per heavy atom. The SMILES string of the molecule is O=C1c2ccccc2C(=O)c2cc(NCc3cnc(Cl)s3)ccc21. The molecule has 0 fully saturated rings. The van der Waals surface area contributed by atoms with Crippen LogP contribution < -0.4 is 5.32 Å². The van der Waals surface area contributed by atoms with Gasteiger partial charge in [0.1, 0.15) is 0 Å². The molecule has 24 heavy (non-hydrogen) atoms. The van der Waals surface area contributed by atoms with E-state index in [0.717, 1.165) is 10.6 Å². The van der Waals surface area contributed by atoms with Crippen LogP contribution in [0, 0.1) is 0 Å². The Labute approximate surface area is 147 Å². The van der Waals surface area contributed by atoms with Crippen molar-refractivity contribution in [1.29, 1.82) is 0 Å². The summed E-state index contributed by atoms with van der Waals surface area (Å²) in [5.41, 5.74) is 2.59. The summed E-state index contributed by atoms with van der Waals surface area (Å²) in [5, 5.41) is 3.23. The highest BCUT2D eigenvalue weighted by atomic mass is 35.5. The molecule has 1 heterocycles. The molecule has 1 aliphatic carbocycles. The fraction of sp³-hybridized carbons (Fsp3) is 0.0556. The van der Waals surface area contributed by atoms with E-state index in [1.807, 2.05) is 0 Å². The molecule has 4 nitrogen and oxygen atoms in total. The van der Waals surface area contributed by atoms with Gasteiger partial charge in [-0.15, -0.1) is 11.3 Å². The largest absolute Gasteiger partial charge is 0.380 e. The van der Waals surface area contributed by atoms with E-state index in [9.17, 15) is 9.59 Å². The van der Waals surface area contributed by atoms with Crippen LogP contribution >= 0.6 is 22.9 Å². The summed E-state index contributed by atoms with van der Waals surface area (Å²) >= 11 is 7.22. The van der Waals surface area contributed by atoms with E-state index >= 15 is 0 Å². The number of hydrogen-bond donors (Lipinski definition) is 1. The molecular weight excluding hydrogens is 344 g/mol. The molecule has 118 valence electrons. The molecule has 0 radical (unpaired) electrons.